The number of nitrogens with one attached hydrogen (secondary N) is 2. The van der Waals surface area contributed by atoms with Crippen LogP contribution in [-0.2, 0) is 9.53 Å². The molecule has 0 aliphatic carbocycles. The first-order valence-electron chi connectivity index (χ1n) is 6.66. The second-order valence-corrected chi connectivity index (χ2v) is 4.99. The van der Waals surface area contributed by atoms with Crippen molar-refractivity contribution in [3.8, 4) is 5.75 Å². The summed E-state index contributed by atoms with van der Waals surface area (Å²) in [6.45, 7) is 3.97. The second-order valence-electron chi connectivity index (χ2n) is 4.58. The molecule has 1 aliphatic heterocycles. The smallest absolute Gasteiger partial charge is 0.354 e. The standard InChI is InChI=1S/C15H18N2O3S/c1-4-20-14(18)13-9(2)12(16-15(21)17-13)10-5-7-11(19-3)8-6-10/h5-8,12H,4H2,1-3H3,(H2,16,17,21)/t12-/m1/s1. The van der Waals surface area contributed by atoms with Gasteiger partial charge in [0.25, 0.3) is 0 Å². The van der Waals surface area contributed by atoms with E-state index < -0.39 is 5.97 Å². The lowest BCUT2D eigenvalue weighted by Gasteiger charge is -2.29. The zero-order valence-corrected chi connectivity index (χ0v) is 13.0. The predicted molar refractivity (Wildman–Crippen MR) is 83.9 cm³/mol. The fourth-order valence-electron chi connectivity index (χ4n) is 2.18. The van der Waals surface area contributed by atoms with E-state index in [4.69, 9.17) is 21.7 Å². The summed E-state index contributed by atoms with van der Waals surface area (Å²) >= 11 is 5.18. The molecule has 0 spiro atoms. The third-order valence-corrected chi connectivity index (χ3v) is 3.49. The maximum Gasteiger partial charge on any atom is 0.354 e. The molecule has 0 unspecified atom stereocenters. The molecule has 0 saturated heterocycles. The number of methoxy groups -OCH3 is 1. The number of hydrogen-bond acceptors (Lipinski definition) is 4. The van der Waals surface area contributed by atoms with E-state index in [2.05, 4.69) is 10.6 Å². The number of hydrogen-bond donors (Lipinski definition) is 2. The van der Waals surface area contributed by atoms with Gasteiger partial charge in [0.05, 0.1) is 19.8 Å². The summed E-state index contributed by atoms with van der Waals surface area (Å²) in [4.78, 5) is 12.0. The first-order valence-corrected chi connectivity index (χ1v) is 7.07. The maximum atomic E-state index is 12.0. The van der Waals surface area contributed by atoms with Gasteiger partial charge in [-0.25, -0.2) is 4.79 Å². The molecule has 2 N–H and O–H groups in total. The Morgan fingerprint density at radius 3 is 2.57 bits per heavy atom. The Morgan fingerprint density at radius 1 is 1.33 bits per heavy atom. The number of esters is 1. The highest BCUT2D eigenvalue weighted by atomic mass is 32.1. The molecule has 1 aromatic rings. The summed E-state index contributed by atoms with van der Waals surface area (Å²) in [7, 11) is 1.62. The Hall–Kier alpha value is -2.08. The van der Waals surface area contributed by atoms with Gasteiger partial charge in [-0.3, -0.25) is 0 Å². The summed E-state index contributed by atoms with van der Waals surface area (Å²) in [6.07, 6.45) is 0. The summed E-state index contributed by atoms with van der Waals surface area (Å²) < 4.78 is 10.2. The monoisotopic (exact) mass is 306 g/mol. The van der Waals surface area contributed by atoms with E-state index in [0.29, 0.717) is 17.4 Å². The van der Waals surface area contributed by atoms with Crippen molar-refractivity contribution in [1.29, 1.82) is 0 Å². The molecule has 0 amide bonds. The molecular weight excluding hydrogens is 288 g/mol. The first-order chi connectivity index (χ1) is 10.1. The van der Waals surface area contributed by atoms with Crippen molar-refractivity contribution in [1.82, 2.24) is 10.6 Å². The molecule has 0 aromatic heterocycles. The molecule has 1 heterocycles. The molecule has 6 heteroatoms. The van der Waals surface area contributed by atoms with Crippen LogP contribution in [0.2, 0.25) is 0 Å². The van der Waals surface area contributed by atoms with E-state index in [1.54, 1.807) is 14.0 Å². The van der Waals surface area contributed by atoms with Crippen LogP contribution in [0.15, 0.2) is 35.5 Å². The quantitative estimate of drug-likeness (QED) is 0.656. The van der Waals surface area contributed by atoms with Crippen molar-refractivity contribution in [2.45, 2.75) is 19.9 Å². The highest BCUT2D eigenvalue weighted by molar-refractivity contribution is 7.80. The van der Waals surface area contributed by atoms with Crippen molar-refractivity contribution in [2.24, 2.45) is 0 Å². The summed E-state index contributed by atoms with van der Waals surface area (Å²) in [5, 5.41) is 6.44. The van der Waals surface area contributed by atoms with Crippen LogP contribution in [0, 0.1) is 0 Å². The fourth-order valence-corrected chi connectivity index (χ4v) is 2.40. The molecule has 1 aromatic carbocycles. The number of carbonyl (C=O) groups excluding carboxylic acids is 1. The Bertz CT molecular complexity index is 581. The minimum Gasteiger partial charge on any atom is -0.497 e. The molecule has 0 radical (unpaired) electrons. The molecule has 112 valence electrons. The van der Waals surface area contributed by atoms with Gasteiger partial charge in [0.1, 0.15) is 11.4 Å². The Morgan fingerprint density at radius 2 is 2.00 bits per heavy atom. The van der Waals surface area contributed by atoms with Crippen LogP contribution in [0.1, 0.15) is 25.5 Å². The van der Waals surface area contributed by atoms with E-state index in [-0.39, 0.29) is 6.04 Å². The van der Waals surface area contributed by atoms with E-state index in [1.165, 1.54) is 0 Å². The second kappa shape index (κ2) is 6.58. The zero-order valence-electron chi connectivity index (χ0n) is 12.2. The normalized spacial score (nSPS) is 17.9. The Kier molecular flexibility index (Phi) is 4.80. The van der Waals surface area contributed by atoms with Crippen LogP contribution < -0.4 is 15.4 Å². The van der Waals surface area contributed by atoms with Crippen molar-refractivity contribution < 1.29 is 14.3 Å². The van der Waals surface area contributed by atoms with Crippen molar-refractivity contribution in [2.75, 3.05) is 13.7 Å². The van der Waals surface area contributed by atoms with Crippen LogP contribution in [0.4, 0.5) is 0 Å². The molecule has 0 fully saturated rings. The number of thiocarbonyl (C=S) groups is 1. The SMILES string of the molecule is CCOC(=O)C1=C(C)[C@H](c2ccc(OC)cc2)NC(=S)N1. The number of carbonyl (C=O) groups is 1. The summed E-state index contributed by atoms with van der Waals surface area (Å²) in [5.41, 5.74) is 2.24. The van der Waals surface area contributed by atoms with Gasteiger partial charge in [-0.2, -0.15) is 0 Å². The predicted octanol–water partition coefficient (Wildman–Crippen LogP) is 2.05. The lowest BCUT2D eigenvalue weighted by atomic mass is 9.96. The lowest BCUT2D eigenvalue weighted by Crippen LogP contribution is -2.45. The van der Waals surface area contributed by atoms with Crippen molar-refractivity contribution in [3.63, 3.8) is 0 Å². The average Bonchev–Trinajstić information content (AvgIpc) is 2.49. The van der Waals surface area contributed by atoms with E-state index in [1.807, 2.05) is 31.2 Å². The van der Waals surface area contributed by atoms with E-state index in [0.717, 1.165) is 16.9 Å². The number of rotatable bonds is 4. The number of benzene rings is 1. The Labute approximate surface area is 129 Å². The molecule has 0 saturated carbocycles. The lowest BCUT2D eigenvalue weighted by molar-refractivity contribution is -0.138. The molecule has 1 aliphatic rings. The van der Waals surface area contributed by atoms with Gasteiger partial charge in [-0.1, -0.05) is 12.1 Å². The summed E-state index contributed by atoms with van der Waals surface area (Å²) in [6, 6.07) is 7.47. The third kappa shape index (κ3) is 3.33. The third-order valence-electron chi connectivity index (χ3n) is 3.27. The molecule has 0 bridgehead atoms. The van der Waals surface area contributed by atoms with Gasteiger partial charge < -0.3 is 20.1 Å². The van der Waals surface area contributed by atoms with Crippen LogP contribution in [0.3, 0.4) is 0 Å². The Balaban J connectivity index is 2.34. The zero-order chi connectivity index (χ0) is 15.4. The van der Waals surface area contributed by atoms with Crippen molar-refractivity contribution in [3.05, 3.63) is 41.1 Å². The van der Waals surface area contributed by atoms with E-state index >= 15 is 0 Å². The summed E-state index contributed by atoms with van der Waals surface area (Å²) in [5.74, 6) is 0.389. The molecular formula is C15H18N2O3S. The van der Waals surface area contributed by atoms with Gasteiger partial charge >= 0.3 is 5.97 Å². The van der Waals surface area contributed by atoms with E-state index in [9.17, 15) is 4.79 Å². The van der Waals surface area contributed by atoms with Gasteiger partial charge in [0, 0.05) is 0 Å². The fraction of sp³-hybridized carbons (Fsp3) is 0.333. The van der Waals surface area contributed by atoms with Crippen LogP contribution in [-0.4, -0.2) is 24.8 Å². The van der Waals surface area contributed by atoms with Crippen LogP contribution >= 0.6 is 12.2 Å². The van der Waals surface area contributed by atoms with Gasteiger partial charge in [-0.15, -0.1) is 0 Å². The highest BCUT2D eigenvalue weighted by Crippen LogP contribution is 2.27. The highest BCUT2D eigenvalue weighted by Gasteiger charge is 2.27. The average molecular weight is 306 g/mol. The molecule has 1 atom stereocenters. The molecule has 21 heavy (non-hydrogen) atoms. The first kappa shape index (κ1) is 15.3. The van der Waals surface area contributed by atoms with Crippen molar-refractivity contribution >= 4 is 23.3 Å². The van der Waals surface area contributed by atoms with Gasteiger partial charge in [0.15, 0.2) is 5.11 Å². The largest absolute Gasteiger partial charge is 0.497 e. The maximum absolute atomic E-state index is 12.0. The topological polar surface area (TPSA) is 59.6 Å². The number of ether oxygens (including phenoxy) is 2. The minimum atomic E-state index is -0.391. The van der Waals surface area contributed by atoms with Gasteiger partial charge in [-0.05, 0) is 49.3 Å². The van der Waals surface area contributed by atoms with Crippen LogP contribution in [0.25, 0.3) is 0 Å². The minimum absolute atomic E-state index is 0.163. The van der Waals surface area contributed by atoms with Gasteiger partial charge in [0.2, 0.25) is 0 Å². The molecule has 5 nitrogen and oxygen atoms in total. The molecule has 2 rings (SSSR count). The van der Waals surface area contributed by atoms with Crippen LogP contribution in [0.5, 0.6) is 5.75 Å².